The molecular weight excluding hydrogens is 212 g/mol. The summed E-state index contributed by atoms with van der Waals surface area (Å²) in [5.41, 5.74) is 1.07. The van der Waals surface area contributed by atoms with Crippen molar-refractivity contribution in [2.24, 2.45) is 5.92 Å². The van der Waals surface area contributed by atoms with Crippen molar-refractivity contribution in [1.82, 2.24) is 0 Å². The van der Waals surface area contributed by atoms with Gasteiger partial charge in [-0.15, -0.1) is 0 Å². The molecular formula is C11H15O3S-. The molecule has 1 aromatic rings. The van der Waals surface area contributed by atoms with Gasteiger partial charge < -0.3 is 4.55 Å². The van der Waals surface area contributed by atoms with Gasteiger partial charge in [0, 0.05) is 0 Å². The third-order valence-electron chi connectivity index (χ3n) is 2.22. The molecule has 0 aromatic heterocycles. The van der Waals surface area contributed by atoms with Crippen molar-refractivity contribution in [2.45, 2.75) is 31.6 Å². The summed E-state index contributed by atoms with van der Waals surface area (Å²) >= 11 is 0. The third kappa shape index (κ3) is 4.01. The van der Waals surface area contributed by atoms with Gasteiger partial charge in [-0.2, -0.15) is 0 Å². The lowest BCUT2D eigenvalue weighted by Crippen LogP contribution is -1.99. The van der Waals surface area contributed by atoms with E-state index in [0.717, 1.165) is 18.4 Å². The maximum atomic E-state index is 10.7. The molecule has 0 amide bonds. The molecule has 0 unspecified atom stereocenters. The van der Waals surface area contributed by atoms with E-state index in [0.29, 0.717) is 5.92 Å². The summed E-state index contributed by atoms with van der Waals surface area (Å²) in [6.45, 7) is 4.27. The van der Waals surface area contributed by atoms with Crippen LogP contribution >= 0.6 is 0 Å². The van der Waals surface area contributed by atoms with Crippen LogP contribution in [0.15, 0.2) is 29.2 Å². The fourth-order valence-electron chi connectivity index (χ4n) is 1.28. The quantitative estimate of drug-likeness (QED) is 0.741. The molecule has 0 atom stereocenters. The molecule has 0 saturated heterocycles. The summed E-state index contributed by atoms with van der Waals surface area (Å²) in [5.74, 6) is 0.618. The van der Waals surface area contributed by atoms with Gasteiger partial charge in [0.25, 0.3) is 0 Å². The van der Waals surface area contributed by atoms with E-state index in [4.69, 9.17) is 0 Å². The van der Waals surface area contributed by atoms with Crippen LogP contribution in [-0.2, 0) is 16.5 Å². The van der Waals surface area contributed by atoms with Gasteiger partial charge in [-0.1, -0.05) is 26.0 Å². The second-order valence-electron chi connectivity index (χ2n) is 4.03. The highest BCUT2D eigenvalue weighted by Gasteiger charge is 2.01. The zero-order valence-corrected chi connectivity index (χ0v) is 9.75. The summed E-state index contributed by atoms with van der Waals surface area (Å²) in [7, 11) is -4.30. The van der Waals surface area contributed by atoms with E-state index in [1.807, 2.05) is 0 Å². The molecule has 0 fully saturated rings. The molecule has 0 aliphatic carbocycles. The predicted octanol–water partition coefficient (Wildman–Crippen LogP) is 2.18. The molecule has 0 spiro atoms. The highest BCUT2D eigenvalue weighted by Crippen LogP contribution is 2.13. The molecule has 0 saturated carbocycles. The molecule has 1 aromatic carbocycles. The van der Waals surface area contributed by atoms with E-state index in [-0.39, 0.29) is 4.90 Å². The van der Waals surface area contributed by atoms with Crippen LogP contribution in [0, 0.1) is 5.92 Å². The second kappa shape index (κ2) is 4.77. The van der Waals surface area contributed by atoms with Gasteiger partial charge in [-0.3, -0.25) is 0 Å². The van der Waals surface area contributed by atoms with Crippen molar-refractivity contribution in [3.05, 3.63) is 29.8 Å². The maximum absolute atomic E-state index is 10.7. The minimum Gasteiger partial charge on any atom is -0.744 e. The first-order valence-electron chi connectivity index (χ1n) is 4.94. The third-order valence-corrected chi connectivity index (χ3v) is 3.07. The monoisotopic (exact) mass is 227 g/mol. The van der Waals surface area contributed by atoms with Crippen LogP contribution in [0.2, 0.25) is 0 Å². The van der Waals surface area contributed by atoms with Crippen LogP contribution in [0.3, 0.4) is 0 Å². The van der Waals surface area contributed by atoms with Crippen molar-refractivity contribution in [2.75, 3.05) is 0 Å². The summed E-state index contributed by atoms with van der Waals surface area (Å²) in [5, 5.41) is 0. The molecule has 4 heteroatoms. The number of aryl methyl sites for hydroxylation is 1. The Morgan fingerprint density at radius 2 is 1.73 bits per heavy atom. The minimum absolute atomic E-state index is 0.157. The molecule has 3 nitrogen and oxygen atoms in total. The van der Waals surface area contributed by atoms with Gasteiger partial charge in [0.2, 0.25) is 0 Å². The molecule has 0 aliphatic rings. The molecule has 0 N–H and O–H groups in total. The Hall–Kier alpha value is -0.870. The highest BCUT2D eigenvalue weighted by molar-refractivity contribution is 7.85. The van der Waals surface area contributed by atoms with Crippen LogP contribution in [0.25, 0.3) is 0 Å². The Bertz CT molecular complexity index is 404. The Labute approximate surface area is 90.9 Å². The molecule has 0 heterocycles. The van der Waals surface area contributed by atoms with Crippen LogP contribution in [0.4, 0.5) is 0 Å². The molecule has 0 aliphatic heterocycles. The van der Waals surface area contributed by atoms with Gasteiger partial charge in [-0.05, 0) is 36.5 Å². The van der Waals surface area contributed by atoms with E-state index in [2.05, 4.69) is 13.8 Å². The van der Waals surface area contributed by atoms with Crippen molar-refractivity contribution in [3.8, 4) is 0 Å². The Morgan fingerprint density at radius 3 is 2.13 bits per heavy atom. The fraction of sp³-hybridized carbons (Fsp3) is 0.455. The van der Waals surface area contributed by atoms with Gasteiger partial charge >= 0.3 is 0 Å². The minimum atomic E-state index is -4.30. The standard InChI is InChI=1S/C11H16O3S/c1-9(2)3-4-10-5-7-11(8-6-10)15(12,13)14/h5-9H,3-4H2,1-2H3,(H,12,13,14)/p-1. The van der Waals surface area contributed by atoms with Crippen molar-refractivity contribution < 1.29 is 13.0 Å². The fourth-order valence-corrected chi connectivity index (χ4v) is 1.75. The topological polar surface area (TPSA) is 57.2 Å². The lowest BCUT2D eigenvalue weighted by Gasteiger charge is -2.08. The van der Waals surface area contributed by atoms with Crippen molar-refractivity contribution >= 4 is 10.1 Å². The van der Waals surface area contributed by atoms with Crippen LogP contribution in [-0.4, -0.2) is 13.0 Å². The van der Waals surface area contributed by atoms with E-state index < -0.39 is 10.1 Å². The van der Waals surface area contributed by atoms with Gasteiger partial charge in [-0.25, -0.2) is 8.42 Å². The lowest BCUT2D eigenvalue weighted by atomic mass is 10.0. The van der Waals surface area contributed by atoms with Crippen molar-refractivity contribution in [3.63, 3.8) is 0 Å². The SMILES string of the molecule is CC(C)CCc1ccc(S(=O)(=O)[O-])cc1. The summed E-state index contributed by atoms with van der Waals surface area (Å²) in [6, 6.07) is 6.15. The first kappa shape index (κ1) is 12.2. The predicted molar refractivity (Wildman–Crippen MR) is 57.6 cm³/mol. The molecule has 0 bridgehead atoms. The Balaban J connectivity index is 2.73. The van der Waals surface area contributed by atoms with Gasteiger partial charge in [0.05, 0.1) is 4.90 Å². The summed E-state index contributed by atoms with van der Waals surface area (Å²) in [4.78, 5) is -0.157. The Morgan fingerprint density at radius 1 is 1.20 bits per heavy atom. The smallest absolute Gasteiger partial charge is 0.124 e. The van der Waals surface area contributed by atoms with Crippen LogP contribution in [0.5, 0.6) is 0 Å². The van der Waals surface area contributed by atoms with Crippen LogP contribution < -0.4 is 0 Å². The molecule has 0 radical (unpaired) electrons. The maximum Gasteiger partial charge on any atom is 0.124 e. The lowest BCUT2D eigenvalue weighted by molar-refractivity contribution is 0.463. The van der Waals surface area contributed by atoms with Crippen LogP contribution in [0.1, 0.15) is 25.8 Å². The van der Waals surface area contributed by atoms with E-state index in [1.165, 1.54) is 12.1 Å². The summed E-state index contributed by atoms with van der Waals surface area (Å²) < 4.78 is 32.0. The van der Waals surface area contributed by atoms with Gasteiger partial charge in [0.1, 0.15) is 10.1 Å². The zero-order chi connectivity index (χ0) is 11.5. The van der Waals surface area contributed by atoms with E-state index in [1.54, 1.807) is 12.1 Å². The average Bonchev–Trinajstić information content (AvgIpc) is 2.14. The number of benzene rings is 1. The largest absolute Gasteiger partial charge is 0.744 e. The number of rotatable bonds is 4. The van der Waals surface area contributed by atoms with Gasteiger partial charge in [0.15, 0.2) is 0 Å². The average molecular weight is 227 g/mol. The first-order chi connectivity index (χ1) is 6.89. The summed E-state index contributed by atoms with van der Waals surface area (Å²) in [6.07, 6.45) is 1.97. The first-order valence-corrected chi connectivity index (χ1v) is 6.35. The molecule has 1 rings (SSSR count). The Kier molecular flexibility index (Phi) is 3.88. The molecule has 15 heavy (non-hydrogen) atoms. The zero-order valence-electron chi connectivity index (χ0n) is 8.93. The second-order valence-corrected chi connectivity index (χ2v) is 5.41. The number of hydrogen-bond donors (Lipinski definition) is 0. The normalized spacial score (nSPS) is 12.0. The van der Waals surface area contributed by atoms with E-state index in [9.17, 15) is 13.0 Å². The number of hydrogen-bond acceptors (Lipinski definition) is 3. The molecule has 84 valence electrons. The highest BCUT2D eigenvalue weighted by atomic mass is 32.2. The van der Waals surface area contributed by atoms with Crippen molar-refractivity contribution in [1.29, 1.82) is 0 Å². The van der Waals surface area contributed by atoms with E-state index >= 15 is 0 Å².